The van der Waals surface area contributed by atoms with Crippen LogP contribution in [0.5, 0.6) is 0 Å². The highest BCUT2D eigenvalue weighted by Gasteiger charge is 2.19. The van der Waals surface area contributed by atoms with Gasteiger partial charge in [0.2, 0.25) is 0 Å². The van der Waals surface area contributed by atoms with Crippen molar-refractivity contribution in [1.29, 1.82) is 0 Å². The molecule has 3 aromatic rings. The van der Waals surface area contributed by atoms with Gasteiger partial charge in [0.1, 0.15) is 5.69 Å². The Labute approximate surface area is 157 Å². The first kappa shape index (κ1) is 17.0. The average molecular weight is 366 g/mol. The first-order valence-corrected chi connectivity index (χ1v) is 9.73. The summed E-state index contributed by atoms with van der Waals surface area (Å²) < 4.78 is 1.92. The van der Waals surface area contributed by atoms with E-state index in [9.17, 15) is 4.79 Å². The Morgan fingerprint density at radius 1 is 1.19 bits per heavy atom. The molecule has 0 saturated carbocycles. The predicted molar refractivity (Wildman–Crippen MR) is 106 cm³/mol. The molecule has 1 aliphatic heterocycles. The molecule has 2 N–H and O–H groups in total. The smallest absolute Gasteiger partial charge is 0.274 e. The number of thiazole rings is 1. The standard InChI is InChI=1S/C20H22N4OS/c1-24-16(14-5-3-2-4-6-14)7-8-17(24)19(25)23-20-22-13-18(26-20)15-9-11-21-12-10-15/h2-8,13,15,21H,9-12H2,1H3,(H,22,23,25). The fraction of sp³-hybridized carbons (Fsp3) is 0.300. The average Bonchev–Trinajstić information content (AvgIpc) is 3.30. The maximum atomic E-state index is 12.7. The zero-order chi connectivity index (χ0) is 17.9. The van der Waals surface area contributed by atoms with Gasteiger partial charge in [0.25, 0.3) is 5.91 Å². The quantitative estimate of drug-likeness (QED) is 0.737. The second kappa shape index (κ2) is 7.43. The first-order valence-electron chi connectivity index (χ1n) is 8.91. The SMILES string of the molecule is Cn1c(C(=O)Nc2ncc(C3CCNCC3)s2)ccc1-c1ccccc1. The second-order valence-electron chi connectivity index (χ2n) is 6.58. The van der Waals surface area contributed by atoms with Crippen LogP contribution < -0.4 is 10.6 Å². The van der Waals surface area contributed by atoms with E-state index in [4.69, 9.17) is 0 Å². The molecule has 0 spiro atoms. The summed E-state index contributed by atoms with van der Waals surface area (Å²) in [5.41, 5.74) is 2.74. The number of nitrogens with one attached hydrogen (secondary N) is 2. The van der Waals surface area contributed by atoms with Crippen LogP contribution >= 0.6 is 11.3 Å². The molecule has 1 fully saturated rings. The van der Waals surface area contributed by atoms with Crippen molar-refractivity contribution >= 4 is 22.4 Å². The highest BCUT2D eigenvalue weighted by Crippen LogP contribution is 2.32. The number of anilines is 1. The van der Waals surface area contributed by atoms with E-state index in [1.165, 1.54) is 4.88 Å². The molecule has 2 aromatic heterocycles. The number of piperidine rings is 1. The van der Waals surface area contributed by atoms with Crippen molar-refractivity contribution in [2.75, 3.05) is 18.4 Å². The van der Waals surface area contributed by atoms with Gasteiger partial charge in [-0.1, -0.05) is 30.3 Å². The van der Waals surface area contributed by atoms with Gasteiger partial charge in [0.05, 0.1) is 0 Å². The molecule has 3 heterocycles. The fourth-order valence-corrected chi connectivity index (χ4v) is 4.42. The molecule has 5 nitrogen and oxygen atoms in total. The van der Waals surface area contributed by atoms with Crippen LogP contribution in [0.3, 0.4) is 0 Å². The van der Waals surface area contributed by atoms with Gasteiger partial charge in [0.15, 0.2) is 5.13 Å². The predicted octanol–water partition coefficient (Wildman–Crippen LogP) is 3.87. The Morgan fingerprint density at radius 2 is 1.96 bits per heavy atom. The van der Waals surface area contributed by atoms with Crippen LogP contribution in [-0.4, -0.2) is 28.5 Å². The van der Waals surface area contributed by atoms with Gasteiger partial charge in [-0.3, -0.25) is 10.1 Å². The third-order valence-corrected chi connectivity index (χ3v) is 5.98. The van der Waals surface area contributed by atoms with E-state index in [-0.39, 0.29) is 5.91 Å². The summed E-state index contributed by atoms with van der Waals surface area (Å²) in [5.74, 6) is 0.431. The Bertz CT molecular complexity index is 894. The lowest BCUT2D eigenvalue weighted by Crippen LogP contribution is -2.26. The fourth-order valence-electron chi connectivity index (χ4n) is 3.44. The number of nitrogens with zero attached hydrogens (tertiary/aromatic N) is 2. The lowest BCUT2D eigenvalue weighted by molar-refractivity contribution is 0.101. The number of hydrogen-bond donors (Lipinski definition) is 2. The molecule has 26 heavy (non-hydrogen) atoms. The zero-order valence-corrected chi connectivity index (χ0v) is 15.6. The molecular formula is C20H22N4OS. The van der Waals surface area contributed by atoms with Crippen molar-refractivity contribution in [2.24, 2.45) is 7.05 Å². The molecule has 0 radical (unpaired) electrons. The summed E-state index contributed by atoms with van der Waals surface area (Å²) in [7, 11) is 1.92. The third kappa shape index (κ3) is 3.43. The molecule has 6 heteroatoms. The topological polar surface area (TPSA) is 59.0 Å². The van der Waals surface area contributed by atoms with E-state index in [0.29, 0.717) is 16.7 Å². The summed E-state index contributed by atoms with van der Waals surface area (Å²) in [6.07, 6.45) is 4.18. The normalized spacial score (nSPS) is 15.1. The van der Waals surface area contributed by atoms with Gasteiger partial charge in [0, 0.05) is 23.8 Å². The van der Waals surface area contributed by atoms with Gasteiger partial charge >= 0.3 is 0 Å². The van der Waals surface area contributed by atoms with Gasteiger partial charge < -0.3 is 9.88 Å². The Morgan fingerprint density at radius 3 is 2.73 bits per heavy atom. The van der Waals surface area contributed by atoms with Gasteiger partial charge in [-0.25, -0.2) is 4.98 Å². The largest absolute Gasteiger partial charge is 0.340 e. The molecule has 0 aliphatic carbocycles. The minimum atomic E-state index is -0.124. The second-order valence-corrected chi connectivity index (χ2v) is 7.64. The number of amides is 1. The highest BCUT2D eigenvalue weighted by atomic mass is 32.1. The number of benzene rings is 1. The molecule has 0 unspecified atom stereocenters. The first-order chi connectivity index (χ1) is 12.7. The summed E-state index contributed by atoms with van der Waals surface area (Å²) >= 11 is 1.59. The number of rotatable bonds is 4. The molecule has 134 valence electrons. The molecule has 1 amide bonds. The van der Waals surface area contributed by atoms with Crippen molar-refractivity contribution in [1.82, 2.24) is 14.9 Å². The lowest BCUT2D eigenvalue weighted by atomic mass is 9.97. The van der Waals surface area contributed by atoms with Gasteiger partial charge in [-0.2, -0.15) is 0 Å². The molecule has 1 aromatic carbocycles. The molecule has 1 aliphatic rings. The molecule has 0 bridgehead atoms. The highest BCUT2D eigenvalue weighted by molar-refractivity contribution is 7.15. The van der Waals surface area contributed by atoms with E-state index in [2.05, 4.69) is 15.6 Å². The number of carbonyl (C=O) groups is 1. The van der Waals surface area contributed by atoms with Crippen LogP contribution in [0.1, 0.15) is 34.1 Å². The van der Waals surface area contributed by atoms with Crippen LogP contribution in [0.4, 0.5) is 5.13 Å². The molecular weight excluding hydrogens is 344 g/mol. The molecule has 1 saturated heterocycles. The maximum Gasteiger partial charge on any atom is 0.274 e. The van der Waals surface area contributed by atoms with E-state index in [0.717, 1.165) is 37.2 Å². The van der Waals surface area contributed by atoms with E-state index < -0.39 is 0 Å². The summed E-state index contributed by atoms with van der Waals surface area (Å²) in [4.78, 5) is 18.4. The van der Waals surface area contributed by atoms with Gasteiger partial charge in [-0.15, -0.1) is 11.3 Å². The Kier molecular flexibility index (Phi) is 4.86. The Balaban J connectivity index is 1.49. The lowest BCUT2D eigenvalue weighted by Gasteiger charge is -2.20. The summed E-state index contributed by atoms with van der Waals surface area (Å²) in [5, 5.41) is 7.01. The van der Waals surface area contributed by atoms with E-state index in [1.807, 2.05) is 60.3 Å². The van der Waals surface area contributed by atoms with Crippen LogP contribution in [0.2, 0.25) is 0 Å². The third-order valence-electron chi connectivity index (χ3n) is 4.91. The maximum absolute atomic E-state index is 12.7. The number of carbonyl (C=O) groups excluding carboxylic acids is 1. The van der Waals surface area contributed by atoms with Crippen LogP contribution in [-0.2, 0) is 7.05 Å². The molecule has 4 rings (SSSR count). The van der Waals surface area contributed by atoms with Crippen molar-refractivity contribution in [2.45, 2.75) is 18.8 Å². The summed E-state index contributed by atoms with van der Waals surface area (Å²) in [6, 6.07) is 13.9. The number of aromatic nitrogens is 2. The van der Waals surface area contributed by atoms with Crippen molar-refractivity contribution in [3.05, 3.63) is 59.2 Å². The van der Waals surface area contributed by atoms with E-state index >= 15 is 0 Å². The zero-order valence-electron chi connectivity index (χ0n) is 14.7. The molecule has 0 atom stereocenters. The minimum Gasteiger partial charge on any atom is -0.340 e. The van der Waals surface area contributed by atoms with Crippen LogP contribution in [0, 0.1) is 0 Å². The van der Waals surface area contributed by atoms with E-state index in [1.54, 1.807) is 11.3 Å². The van der Waals surface area contributed by atoms with Crippen LogP contribution in [0.25, 0.3) is 11.3 Å². The van der Waals surface area contributed by atoms with Crippen molar-refractivity contribution < 1.29 is 4.79 Å². The monoisotopic (exact) mass is 366 g/mol. The Hall–Kier alpha value is -2.44. The van der Waals surface area contributed by atoms with Crippen LogP contribution in [0.15, 0.2) is 48.7 Å². The number of hydrogen-bond acceptors (Lipinski definition) is 4. The minimum absolute atomic E-state index is 0.124. The van der Waals surface area contributed by atoms with Crippen molar-refractivity contribution in [3.8, 4) is 11.3 Å². The van der Waals surface area contributed by atoms with Crippen molar-refractivity contribution in [3.63, 3.8) is 0 Å². The van der Waals surface area contributed by atoms with Gasteiger partial charge in [-0.05, 0) is 49.5 Å². The summed E-state index contributed by atoms with van der Waals surface area (Å²) in [6.45, 7) is 2.10.